The zero-order chi connectivity index (χ0) is 19.3. The lowest BCUT2D eigenvalue weighted by Crippen LogP contribution is -2.42. The topological polar surface area (TPSA) is 91.8 Å². The summed E-state index contributed by atoms with van der Waals surface area (Å²) in [4.78, 5) is 4.07. The van der Waals surface area contributed by atoms with Crippen molar-refractivity contribution in [2.75, 3.05) is 39.1 Å². The maximum atomic E-state index is 12.0. The van der Waals surface area contributed by atoms with E-state index >= 15 is 0 Å². The van der Waals surface area contributed by atoms with Gasteiger partial charge < -0.3 is 15.4 Å². The molecule has 0 amide bonds. The van der Waals surface area contributed by atoms with Crippen molar-refractivity contribution in [3.63, 3.8) is 0 Å². The lowest BCUT2D eigenvalue weighted by molar-refractivity contribution is 0.128. The number of ether oxygens (including phenoxy) is 1. The van der Waals surface area contributed by atoms with Crippen LogP contribution in [0.4, 0.5) is 0 Å². The van der Waals surface area contributed by atoms with Gasteiger partial charge in [-0.15, -0.1) is 0 Å². The lowest BCUT2D eigenvalue weighted by atomic mass is 10.1. The van der Waals surface area contributed by atoms with Gasteiger partial charge in [-0.1, -0.05) is 44.2 Å². The second-order valence-electron chi connectivity index (χ2n) is 6.35. The molecule has 8 heteroatoms. The van der Waals surface area contributed by atoms with Crippen molar-refractivity contribution in [2.45, 2.75) is 26.8 Å². The highest BCUT2D eigenvalue weighted by Crippen LogP contribution is 1.99. The minimum absolute atomic E-state index is 0.0224. The highest BCUT2D eigenvalue weighted by atomic mass is 32.2. The molecular formula is C18H32N4O3S. The molecule has 0 fully saturated rings. The second kappa shape index (κ2) is 12.7. The van der Waals surface area contributed by atoms with Crippen molar-refractivity contribution < 1.29 is 13.2 Å². The predicted octanol–water partition coefficient (Wildman–Crippen LogP) is 1.33. The third-order valence-electron chi connectivity index (χ3n) is 3.60. The number of nitrogens with zero attached hydrogens (tertiary/aromatic N) is 1. The highest BCUT2D eigenvalue weighted by Gasteiger charge is 2.10. The fraction of sp³-hybridized carbons (Fsp3) is 0.611. The second-order valence-corrected chi connectivity index (χ2v) is 8.27. The summed E-state index contributed by atoms with van der Waals surface area (Å²) < 4.78 is 32.2. The van der Waals surface area contributed by atoms with Gasteiger partial charge in [-0.25, -0.2) is 13.1 Å². The van der Waals surface area contributed by atoms with Crippen LogP contribution in [0.3, 0.4) is 0 Å². The van der Waals surface area contributed by atoms with E-state index in [0.717, 1.165) is 18.6 Å². The number of hydrogen-bond acceptors (Lipinski definition) is 4. The first-order valence-electron chi connectivity index (χ1n) is 8.96. The van der Waals surface area contributed by atoms with Crippen molar-refractivity contribution in [2.24, 2.45) is 10.9 Å². The summed E-state index contributed by atoms with van der Waals surface area (Å²) in [5.41, 5.74) is 0.930. The average Bonchev–Trinajstić information content (AvgIpc) is 2.62. The van der Waals surface area contributed by atoms with Gasteiger partial charge in [-0.2, -0.15) is 0 Å². The zero-order valence-corrected chi connectivity index (χ0v) is 16.8. The average molecular weight is 385 g/mol. The van der Waals surface area contributed by atoms with E-state index in [1.807, 2.05) is 30.3 Å². The number of benzene rings is 1. The van der Waals surface area contributed by atoms with Crippen molar-refractivity contribution in [3.05, 3.63) is 35.9 Å². The number of rotatable bonds is 12. The molecule has 0 saturated heterocycles. The molecule has 0 bridgehead atoms. The molecule has 0 aliphatic heterocycles. The van der Waals surface area contributed by atoms with Gasteiger partial charge in [0.05, 0.1) is 12.4 Å². The van der Waals surface area contributed by atoms with Gasteiger partial charge in [-0.3, -0.25) is 4.99 Å². The fourth-order valence-corrected chi connectivity index (χ4v) is 2.95. The Hall–Kier alpha value is -1.64. The highest BCUT2D eigenvalue weighted by molar-refractivity contribution is 7.89. The minimum atomic E-state index is -3.34. The van der Waals surface area contributed by atoms with Crippen LogP contribution < -0.4 is 15.4 Å². The fourth-order valence-electron chi connectivity index (χ4n) is 2.05. The van der Waals surface area contributed by atoms with Gasteiger partial charge in [0.25, 0.3) is 0 Å². The molecule has 0 aliphatic carbocycles. The van der Waals surface area contributed by atoms with Gasteiger partial charge in [-0.05, 0) is 17.9 Å². The monoisotopic (exact) mass is 384 g/mol. The van der Waals surface area contributed by atoms with Crippen LogP contribution in [0.2, 0.25) is 0 Å². The van der Waals surface area contributed by atoms with Crippen LogP contribution in [0.1, 0.15) is 25.8 Å². The molecule has 0 atom stereocenters. The molecule has 0 heterocycles. The molecule has 1 aromatic rings. The van der Waals surface area contributed by atoms with E-state index < -0.39 is 10.0 Å². The van der Waals surface area contributed by atoms with Gasteiger partial charge in [0, 0.05) is 33.3 Å². The van der Waals surface area contributed by atoms with Crippen LogP contribution in [0, 0.1) is 5.92 Å². The third kappa shape index (κ3) is 11.1. The Bertz CT molecular complexity index is 619. The summed E-state index contributed by atoms with van der Waals surface area (Å²) in [6.07, 6.45) is 1.04. The van der Waals surface area contributed by atoms with E-state index in [-0.39, 0.29) is 12.3 Å². The van der Waals surface area contributed by atoms with Crippen molar-refractivity contribution in [1.29, 1.82) is 0 Å². The Morgan fingerprint density at radius 2 is 1.81 bits per heavy atom. The Morgan fingerprint density at radius 1 is 1.12 bits per heavy atom. The molecule has 0 radical (unpaired) electrons. The zero-order valence-electron chi connectivity index (χ0n) is 16.0. The van der Waals surface area contributed by atoms with Gasteiger partial charge >= 0.3 is 0 Å². The molecule has 0 spiro atoms. The number of guanidine groups is 1. The molecule has 148 valence electrons. The number of sulfonamides is 1. The molecule has 0 aromatic heterocycles. The number of aliphatic imine (C=N–C) groups is 1. The summed E-state index contributed by atoms with van der Waals surface area (Å²) >= 11 is 0. The van der Waals surface area contributed by atoms with Gasteiger partial charge in [0.2, 0.25) is 10.0 Å². The summed E-state index contributed by atoms with van der Waals surface area (Å²) in [5, 5.41) is 6.10. The first-order valence-corrected chi connectivity index (χ1v) is 10.6. The van der Waals surface area contributed by atoms with Crippen LogP contribution >= 0.6 is 0 Å². The number of hydrogen-bond donors (Lipinski definition) is 3. The molecule has 0 aliphatic rings. The Morgan fingerprint density at radius 3 is 2.46 bits per heavy atom. The Labute approximate surface area is 157 Å². The van der Waals surface area contributed by atoms with Gasteiger partial charge in [0.15, 0.2) is 5.96 Å². The third-order valence-corrected chi connectivity index (χ3v) is 4.93. The maximum Gasteiger partial charge on any atom is 0.213 e. The predicted molar refractivity (Wildman–Crippen MR) is 107 cm³/mol. The van der Waals surface area contributed by atoms with Gasteiger partial charge in [0.1, 0.15) is 0 Å². The minimum Gasteiger partial charge on any atom is -0.380 e. The smallest absolute Gasteiger partial charge is 0.213 e. The Kier molecular flexibility index (Phi) is 10.9. The van der Waals surface area contributed by atoms with E-state index in [2.05, 4.69) is 34.2 Å². The molecule has 26 heavy (non-hydrogen) atoms. The van der Waals surface area contributed by atoms with Crippen molar-refractivity contribution in [1.82, 2.24) is 15.4 Å². The number of nitrogens with one attached hydrogen (secondary N) is 3. The van der Waals surface area contributed by atoms with E-state index in [4.69, 9.17) is 4.74 Å². The molecule has 3 N–H and O–H groups in total. The normalized spacial score (nSPS) is 12.4. The lowest BCUT2D eigenvalue weighted by Gasteiger charge is -2.13. The van der Waals surface area contributed by atoms with E-state index in [1.165, 1.54) is 0 Å². The quantitative estimate of drug-likeness (QED) is 0.287. The molecule has 1 aromatic carbocycles. The molecule has 1 rings (SSSR count). The summed E-state index contributed by atoms with van der Waals surface area (Å²) in [5.74, 6) is 1.18. The molecular weight excluding hydrogens is 352 g/mol. The molecule has 0 unspecified atom stereocenters. The largest absolute Gasteiger partial charge is 0.380 e. The SMILES string of the molecule is CN=C(NCCOCCC(C)C)NCCS(=O)(=O)NCc1ccccc1. The van der Waals surface area contributed by atoms with Crippen molar-refractivity contribution in [3.8, 4) is 0 Å². The summed E-state index contributed by atoms with van der Waals surface area (Å²) in [6.45, 7) is 6.85. The van der Waals surface area contributed by atoms with E-state index in [0.29, 0.717) is 31.6 Å². The van der Waals surface area contributed by atoms with Crippen LogP contribution in [0.15, 0.2) is 35.3 Å². The standard InChI is InChI=1S/C18H32N4O3S/c1-16(2)9-12-25-13-10-20-18(19-3)21-11-14-26(23,24)22-15-17-7-5-4-6-8-17/h4-8,16,22H,9-15H2,1-3H3,(H2,19,20,21). The summed E-state index contributed by atoms with van der Waals surface area (Å²) in [6, 6.07) is 9.43. The van der Waals surface area contributed by atoms with Crippen LogP contribution in [0.5, 0.6) is 0 Å². The molecule has 7 nitrogen and oxygen atoms in total. The summed E-state index contributed by atoms with van der Waals surface area (Å²) in [7, 11) is -1.69. The van der Waals surface area contributed by atoms with E-state index in [1.54, 1.807) is 7.05 Å². The van der Waals surface area contributed by atoms with E-state index in [9.17, 15) is 8.42 Å². The van der Waals surface area contributed by atoms with Crippen LogP contribution in [-0.4, -0.2) is 53.5 Å². The Balaban J connectivity index is 2.18. The maximum absolute atomic E-state index is 12.0. The van der Waals surface area contributed by atoms with Crippen LogP contribution in [-0.2, 0) is 21.3 Å². The molecule has 0 saturated carbocycles. The first kappa shape index (κ1) is 22.4. The first-order chi connectivity index (χ1) is 12.4. The van der Waals surface area contributed by atoms with Crippen LogP contribution in [0.25, 0.3) is 0 Å². The van der Waals surface area contributed by atoms with Crippen molar-refractivity contribution >= 4 is 16.0 Å².